The third kappa shape index (κ3) is 5.49. The van der Waals surface area contributed by atoms with Crippen molar-refractivity contribution in [1.82, 2.24) is 14.8 Å². The van der Waals surface area contributed by atoms with E-state index in [2.05, 4.69) is 15.4 Å². The number of hydrogen-bond acceptors (Lipinski definition) is 7. The Kier molecular flexibility index (Phi) is 7.25. The van der Waals surface area contributed by atoms with Gasteiger partial charge in [-0.3, -0.25) is 4.79 Å². The summed E-state index contributed by atoms with van der Waals surface area (Å²) in [5, 5.41) is 6.94. The fourth-order valence-electron chi connectivity index (χ4n) is 3.28. The molecule has 2 aromatic heterocycles. The van der Waals surface area contributed by atoms with Crippen molar-refractivity contribution in [3.8, 4) is 29.0 Å². The predicted octanol–water partition coefficient (Wildman–Crippen LogP) is 4.83. The fourth-order valence-corrected chi connectivity index (χ4v) is 3.28. The van der Waals surface area contributed by atoms with Crippen LogP contribution >= 0.6 is 0 Å². The molecule has 0 radical (unpaired) electrons. The van der Waals surface area contributed by atoms with E-state index in [1.54, 1.807) is 43.5 Å². The van der Waals surface area contributed by atoms with Gasteiger partial charge in [-0.05, 0) is 54.6 Å². The molecule has 4 aromatic rings. The first-order valence-corrected chi connectivity index (χ1v) is 10.6. The Bertz CT molecular complexity index is 1320. The zero-order chi connectivity index (χ0) is 25.7. The van der Waals surface area contributed by atoms with E-state index >= 15 is 0 Å². The number of amides is 1. The Morgan fingerprint density at radius 1 is 1.08 bits per heavy atom. The zero-order valence-electron chi connectivity index (χ0n) is 19.2. The van der Waals surface area contributed by atoms with Gasteiger partial charge >= 0.3 is 12.2 Å². The summed E-state index contributed by atoms with van der Waals surface area (Å²) in [5.41, 5.74) is -0.253. The Hall–Kier alpha value is -4.32. The number of methoxy groups -OCH3 is 2. The molecule has 188 valence electrons. The van der Waals surface area contributed by atoms with Crippen molar-refractivity contribution in [3.63, 3.8) is 0 Å². The molecule has 2 heterocycles. The van der Waals surface area contributed by atoms with Crippen LogP contribution in [0.5, 0.6) is 11.8 Å². The quantitative estimate of drug-likeness (QED) is 0.327. The second-order valence-electron chi connectivity index (χ2n) is 7.36. The second-order valence-corrected chi connectivity index (χ2v) is 7.36. The van der Waals surface area contributed by atoms with Gasteiger partial charge in [-0.25, -0.2) is 4.68 Å². The first-order chi connectivity index (χ1) is 17.3. The molecule has 1 N–H and O–H groups in total. The highest BCUT2D eigenvalue weighted by Crippen LogP contribution is 2.36. The lowest BCUT2D eigenvalue weighted by Crippen LogP contribution is -2.15. The van der Waals surface area contributed by atoms with Crippen LogP contribution in [0.15, 0.2) is 65.3 Å². The van der Waals surface area contributed by atoms with Gasteiger partial charge in [0.15, 0.2) is 5.76 Å². The van der Waals surface area contributed by atoms with Gasteiger partial charge in [0.05, 0.1) is 31.2 Å². The largest absolute Gasteiger partial charge is 0.496 e. The molecule has 0 unspecified atom stereocenters. The number of alkyl halides is 3. The van der Waals surface area contributed by atoms with E-state index < -0.39 is 17.6 Å². The molecular formula is C24H21F3N4O5. The minimum atomic E-state index is -4.67. The van der Waals surface area contributed by atoms with Gasteiger partial charge < -0.3 is 23.9 Å². The van der Waals surface area contributed by atoms with Crippen LogP contribution in [0.2, 0.25) is 0 Å². The van der Waals surface area contributed by atoms with Crippen molar-refractivity contribution in [2.75, 3.05) is 32.8 Å². The average molecular weight is 502 g/mol. The third-order valence-electron chi connectivity index (χ3n) is 4.98. The Labute approximate surface area is 203 Å². The van der Waals surface area contributed by atoms with Crippen LogP contribution in [0.4, 0.5) is 18.9 Å². The van der Waals surface area contributed by atoms with Crippen LogP contribution in [0.25, 0.3) is 17.3 Å². The van der Waals surface area contributed by atoms with Crippen LogP contribution in [-0.2, 0) is 10.9 Å². The topological polar surface area (TPSA) is 101 Å². The number of nitrogens with zero attached hydrogens (tertiary/aromatic N) is 3. The standard InChI is InChI=1S/C24H21F3N4O5/c1-33-12-13-36-23-29-21(20-4-3-11-35-20)31(30-23)17-8-6-16(7-9-17)28-22(32)15-5-10-19(34-2)18(14-15)24(25,26)27/h3-11,14H,12-13H2,1-2H3,(H,28,32). The molecule has 4 rings (SSSR count). The molecule has 36 heavy (non-hydrogen) atoms. The van der Waals surface area contributed by atoms with Gasteiger partial charge in [-0.1, -0.05) is 0 Å². The number of carbonyl (C=O) groups excluding carboxylic acids is 1. The van der Waals surface area contributed by atoms with Crippen molar-refractivity contribution in [3.05, 3.63) is 72.0 Å². The number of benzene rings is 2. The first-order valence-electron chi connectivity index (χ1n) is 10.6. The summed E-state index contributed by atoms with van der Waals surface area (Å²) < 4.78 is 62.0. The van der Waals surface area contributed by atoms with Crippen LogP contribution < -0.4 is 14.8 Å². The monoisotopic (exact) mass is 502 g/mol. The molecule has 0 spiro atoms. The molecule has 0 aliphatic carbocycles. The minimum absolute atomic E-state index is 0.121. The third-order valence-corrected chi connectivity index (χ3v) is 4.98. The maximum absolute atomic E-state index is 13.3. The number of carbonyl (C=O) groups is 1. The highest BCUT2D eigenvalue weighted by Gasteiger charge is 2.35. The van der Waals surface area contributed by atoms with Crippen LogP contribution in [-0.4, -0.2) is 48.1 Å². The van der Waals surface area contributed by atoms with E-state index in [9.17, 15) is 18.0 Å². The van der Waals surface area contributed by atoms with Gasteiger partial charge in [0, 0.05) is 18.4 Å². The van der Waals surface area contributed by atoms with E-state index in [0.29, 0.717) is 29.6 Å². The number of aromatic nitrogens is 3. The number of anilines is 1. The molecule has 1 amide bonds. The fraction of sp³-hybridized carbons (Fsp3) is 0.208. The highest BCUT2D eigenvalue weighted by atomic mass is 19.4. The average Bonchev–Trinajstić information content (AvgIpc) is 3.54. The molecule has 0 fully saturated rings. The SMILES string of the molecule is COCCOc1nc(-c2ccco2)n(-c2ccc(NC(=O)c3ccc(OC)c(C(F)(F)F)c3)cc2)n1. The van der Waals surface area contributed by atoms with E-state index in [1.165, 1.54) is 17.0 Å². The molecule has 12 heteroatoms. The molecule has 0 saturated carbocycles. The van der Waals surface area contributed by atoms with Gasteiger partial charge in [-0.15, -0.1) is 5.10 Å². The molecular weight excluding hydrogens is 481 g/mol. The molecule has 0 aliphatic heterocycles. The van der Waals surface area contributed by atoms with E-state index in [0.717, 1.165) is 19.2 Å². The molecule has 9 nitrogen and oxygen atoms in total. The summed E-state index contributed by atoms with van der Waals surface area (Å²) in [6.07, 6.45) is -3.17. The number of hydrogen-bond donors (Lipinski definition) is 1. The number of furan rings is 1. The lowest BCUT2D eigenvalue weighted by molar-refractivity contribution is -0.138. The number of rotatable bonds is 9. The van der Waals surface area contributed by atoms with E-state index in [-0.39, 0.29) is 23.9 Å². The summed E-state index contributed by atoms with van der Waals surface area (Å²) in [6, 6.07) is 13.1. The summed E-state index contributed by atoms with van der Waals surface area (Å²) in [6.45, 7) is 0.613. The maximum Gasteiger partial charge on any atom is 0.419 e. The lowest BCUT2D eigenvalue weighted by Gasteiger charge is -2.13. The zero-order valence-corrected chi connectivity index (χ0v) is 19.2. The minimum Gasteiger partial charge on any atom is -0.496 e. The number of ether oxygens (including phenoxy) is 3. The van der Waals surface area contributed by atoms with Gasteiger partial charge in [0.25, 0.3) is 5.91 Å². The Balaban J connectivity index is 1.55. The second kappa shape index (κ2) is 10.5. The lowest BCUT2D eigenvalue weighted by atomic mass is 10.1. The Morgan fingerprint density at radius 3 is 2.50 bits per heavy atom. The van der Waals surface area contributed by atoms with E-state index in [4.69, 9.17) is 18.6 Å². The van der Waals surface area contributed by atoms with Gasteiger partial charge in [0.2, 0.25) is 5.82 Å². The molecule has 0 saturated heterocycles. The first kappa shape index (κ1) is 24.8. The van der Waals surface area contributed by atoms with E-state index in [1.807, 2.05) is 0 Å². The molecule has 2 aromatic carbocycles. The molecule has 0 atom stereocenters. The summed E-state index contributed by atoms with van der Waals surface area (Å²) in [4.78, 5) is 17.0. The van der Waals surface area contributed by atoms with Crippen molar-refractivity contribution < 1.29 is 36.6 Å². The van der Waals surface area contributed by atoms with Crippen molar-refractivity contribution in [1.29, 1.82) is 0 Å². The normalized spacial score (nSPS) is 11.4. The van der Waals surface area contributed by atoms with Crippen LogP contribution in [0.1, 0.15) is 15.9 Å². The van der Waals surface area contributed by atoms with Crippen molar-refractivity contribution >= 4 is 11.6 Å². The van der Waals surface area contributed by atoms with Crippen molar-refractivity contribution in [2.24, 2.45) is 0 Å². The number of nitrogens with one attached hydrogen (secondary N) is 1. The summed E-state index contributed by atoms with van der Waals surface area (Å²) >= 11 is 0. The summed E-state index contributed by atoms with van der Waals surface area (Å²) in [5.74, 6) is -0.223. The predicted molar refractivity (Wildman–Crippen MR) is 122 cm³/mol. The van der Waals surface area contributed by atoms with Crippen molar-refractivity contribution in [2.45, 2.75) is 6.18 Å². The maximum atomic E-state index is 13.3. The highest BCUT2D eigenvalue weighted by molar-refractivity contribution is 6.04. The van der Waals surface area contributed by atoms with Crippen LogP contribution in [0.3, 0.4) is 0 Å². The van der Waals surface area contributed by atoms with Crippen LogP contribution in [0, 0.1) is 0 Å². The smallest absolute Gasteiger partial charge is 0.419 e. The van der Waals surface area contributed by atoms with Gasteiger partial charge in [0.1, 0.15) is 12.4 Å². The molecule has 0 aliphatic rings. The number of halogens is 3. The van der Waals surface area contributed by atoms with Gasteiger partial charge in [-0.2, -0.15) is 18.2 Å². The molecule has 0 bridgehead atoms. The Morgan fingerprint density at radius 2 is 1.86 bits per heavy atom. The summed E-state index contributed by atoms with van der Waals surface area (Å²) in [7, 11) is 2.68.